The molecule has 5 aromatic heterocycles. The molecule has 0 aliphatic rings. The van der Waals surface area contributed by atoms with Gasteiger partial charge < -0.3 is 18.3 Å². The molecular weight excluding hydrogens is 1290 g/mol. The molecule has 5 heterocycles. The first-order valence-electron chi connectivity index (χ1n) is 37.0. The number of hydrogen-bond acceptors (Lipinski definition) is 4. The van der Waals surface area contributed by atoms with Crippen LogP contribution in [0.15, 0.2) is 279 Å². The van der Waals surface area contributed by atoms with E-state index in [0.717, 1.165) is 127 Å². The third-order valence-corrected chi connectivity index (χ3v) is 21.8. The molecule has 0 radical (unpaired) electrons. The standard InChI is InChI=1S/C98H82N8/c1-95(2,3)66-47-64(48-67(53-66)96(4,5)6)93-100-92(101-94(102-93)65-49-68(97(7,8)9)54-69(50-65)98(10,11)12)63-43-45-87(106-85-41-26-22-37-75(85)81-56-79-73-35-20-24-39-83(73)104(89(79)58-91(81)106)71-32-17-14-18-33-71)77(52-63)76-51-62(61-29-27-28-60(46-61)59-99)42-44-86(76)105-84-40-25-21-36-74(84)80-55-78-72-34-19-23-38-82(72)103(88(78)57-90(80)105)70-30-15-13-16-31-70/h13-58H,1-12H3. The maximum Gasteiger partial charge on any atom is 0.164 e. The monoisotopic (exact) mass is 1370 g/mol. The highest BCUT2D eigenvalue weighted by molar-refractivity contribution is 6.21. The Kier molecular flexibility index (Phi) is 15.1. The van der Waals surface area contributed by atoms with Crippen molar-refractivity contribution in [2.24, 2.45) is 0 Å². The van der Waals surface area contributed by atoms with Gasteiger partial charge in [-0.1, -0.05) is 223 Å². The number of hydrogen-bond donors (Lipinski definition) is 0. The Labute approximate surface area is 618 Å². The van der Waals surface area contributed by atoms with Crippen molar-refractivity contribution in [1.82, 2.24) is 33.2 Å². The molecule has 8 nitrogen and oxygen atoms in total. The lowest BCUT2D eigenvalue weighted by Gasteiger charge is -2.26. The van der Waals surface area contributed by atoms with Crippen LogP contribution in [0.2, 0.25) is 0 Å². The van der Waals surface area contributed by atoms with Crippen molar-refractivity contribution in [3.05, 3.63) is 307 Å². The van der Waals surface area contributed by atoms with Crippen LogP contribution in [-0.4, -0.2) is 33.2 Å². The second kappa shape index (κ2) is 24.3. The smallest absolute Gasteiger partial charge is 0.164 e. The van der Waals surface area contributed by atoms with Gasteiger partial charge >= 0.3 is 0 Å². The van der Waals surface area contributed by atoms with Crippen LogP contribution in [0, 0.1) is 11.3 Å². The van der Waals surface area contributed by atoms with Crippen LogP contribution < -0.4 is 0 Å². The number of aromatic nitrogens is 7. The molecule has 0 saturated carbocycles. The quantitative estimate of drug-likeness (QED) is 0.144. The van der Waals surface area contributed by atoms with Crippen molar-refractivity contribution in [3.63, 3.8) is 0 Å². The van der Waals surface area contributed by atoms with E-state index in [1.165, 1.54) is 43.8 Å². The second-order valence-corrected chi connectivity index (χ2v) is 32.9. The van der Waals surface area contributed by atoms with Gasteiger partial charge in [0.1, 0.15) is 0 Å². The predicted molar refractivity (Wildman–Crippen MR) is 444 cm³/mol. The van der Waals surface area contributed by atoms with Gasteiger partial charge in [0.05, 0.1) is 67.1 Å². The number of para-hydroxylation sites is 6. The molecule has 0 N–H and O–H groups in total. The Morgan fingerprint density at radius 2 is 0.566 bits per heavy atom. The average molecular weight is 1370 g/mol. The molecule has 18 aromatic rings. The fourth-order valence-corrected chi connectivity index (χ4v) is 16.1. The first-order chi connectivity index (χ1) is 51.0. The van der Waals surface area contributed by atoms with Gasteiger partial charge in [0, 0.05) is 82.3 Å². The zero-order chi connectivity index (χ0) is 72.9. The van der Waals surface area contributed by atoms with Crippen molar-refractivity contribution >= 4 is 87.2 Å². The Hall–Kier alpha value is -12.4. The van der Waals surface area contributed by atoms with Gasteiger partial charge in [0.25, 0.3) is 0 Å². The molecule has 0 aliphatic carbocycles. The summed E-state index contributed by atoms with van der Waals surface area (Å²) in [5, 5.41) is 19.9. The number of benzene rings is 13. The summed E-state index contributed by atoms with van der Waals surface area (Å²) in [6.07, 6.45) is 0. The summed E-state index contributed by atoms with van der Waals surface area (Å²) in [5.41, 5.74) is 24.1. The van der Waals surface area contributed by atoms with Crippen LogP contribution in [0.1, 0.15) is 111 Å². The summed E-state index contributed by atoms with van der Waals surface area (Å²) < 4.78 is 9.83. The second-order valence-electron chi connectivity index (χ2n) is 32.9. The minimum absolute atomic E-state index is 0.177. The van der Waals surface area contributed by atoms with Crippen LogP contribution in [0.4, 0.5) is 0 Å². The predicted octanol–water partition coefficient (Wildman–Crippen LogP) is 25.7. The summed E-state index contributed by atoms with van der Waals surface area (Å²) in [6.45, 7) is 27.4. The Morgan fingerprint density at radius 1 is 0.245 bits per heavy atom. The summed E-state index contributed by atoms with van der Waals surface area (Å²) >= 11 is 0. The first-order valence-corrected chi connectivity index (χ1v) is 37.0. The normalized spacial score (nSPS) is 12.5. The molecule has 514 valence electrons. The lowest BCUT2D eigenvalue weighted by Crippen LogP contribution is -2.17. The zero-order valence-electron chi connectivity index (χ0n) is 62.1. The fourth-order valence-electron chi connectivity index (χ4n) is 16.1. The molecule has 13 aromatic carbocycles. The lowest BCUT2D eigenvalue weighted by molar-refractivity contribution is 0.568. The summed E-state index contributed by atoms with van der Waals surface area (Å²) in [6, 6.07) is 105. The van der Waals surface area contributed by atoms with E-state index < -0.39 is 0 Å². The average Bonchev–Trinajstić information content (AvgIpc) is 1.55. The molecule has 0 atom stereocenters. The van der Waals surface area contributed by atoms with E-state index in [4.69, 9.17) is 15.0 Å². The molecule has 0 amide bonds. The molecule has 106 heavy (non-hydrogen) atoms. The van der Waals surface area contributed by atoms with Gasteiger partial charge in [-0.05, 0) is 195 Å². The van der Waals surface area contributed by atoms with E-state index in [-0.39, 0.29) is 21.7 Å². The van der Waals surface area contributed by atoms with Crippen LogP contribution in [0.25, 0.3) is 166 Å². The molecule has 0 unspecified atom stereocenters. The Bertz CT molecular complexity index is 6520. The topological polar surface area (TPSA) is 82.2 Å². The number of nitrogens with zero attached hydrogens (tertiary/aromatic N) is 8. The van der Waals surface area contributed by atoms with Crippen molar-refractivity contribution in [1.29, 1.82) is 5.26 Å². The summed E-state index contributed by atoms with van der Waals surface area (Å²) in [7, 11) is 0. The SMILES string of the molecule is CC(C)(C)c1cc(-c2nc(-c3cc(C(C)(C)C)cc(C(C)(C)C)c3)nc(-c3ccc(-n4c5ccccc5c5cc6c7ccccc7n(-c7ccccc7)c6cc54)c(-c4cc(-c5cccc(C#N)c5)ccc4-n4c5ccccc5c5cc6c7ccccc7n(-c7ccccc7)c6cc54)c3)n2)cc(C(C)(C)C)c1. The van der Waals surface area contributed by atoms with Gasteiger partial charge in [-0.2, -0.15) is 5.26 Å². The fraction of sp³-hybridized carbons (Fsp3) is 0.163. The minimum atomic E-state index is -0.177. The first kappa shape index (κ1) is 65.6. The van der Waals surface area contributed by atoms with Gasteiger partial charge in [-0.3, -0.25) is 0 Å². The molecule has 0 bridgehead atoms. The highest BCUT2D eigenvalue weighted by atomic mass is 15.1. The van der Waals surface area contributed by atoms with Crippen LogP contribution >= 0.6 is 0 Å². The van der Waals surface area contributed by atoms with Gasteiger partial charge in [0.2, 0.25) is 0 Å². The summed E-state index contributed by atoms with van der Waals surface area (Å²) in [5.74, 6) is 1.75. The van der Waals surface area contributed by atoms with Crippen molar-refractivity contribution in [3.8, 4) is 85.2 Å². The highest BCUT2D eigenvalue weighted by Crippen LogP contribution is 2.48. The number of fused-ring (bicyclic) bond motifs is 12. The lowest BCUT2D eigenvalue weighted by atomic mass is 9.79. The van der Waals surface area contributed by atoms with Crippen LogP contribution in [-0.2, 0) is 21.7 Å². The minimum Gasteiger partial charge on any atom is -0.309 e. The largest absolute Gasteiger partial charge is 0.309 e. The zero-order valence-corrected chi connectivity index (χ0v) is 62.1. The highest BCUT2D eigenvalue weighted by Gasteiger charge is 2.29. The molecule has 0 saturated heterocycles. The van der Waals surface area contributed by atoms with Gasteiger partial charge in [-0.25, -0.2) is 15.0 Å². The molecule has 18 rings (SSSR count). The molecular formula is C98H82N8. The van der Waals surface area contributed by atoms with Crippen molar-refractivity contribution < 1.29 is 0 Å². The van der Waals surface area contributed by atoms with Gasteiger partial charge in [-0.15, -0.1) is 0 Å². The van der Waals surface area contributed by atoms with E-state index in [2.05, 4.69) is 368 Å². The Morgan fingerprint density at radius 3 is 0.943 bits per heavy atom. The van der Waals surface area contributed by atoms with E-state index in [1.807, 2.05) is 18.2 Å². The van der Waals surface area contributed by atoms with Crippen LogP contribution in [0.5, 0.6) is 0 Å². The maximum absolute atomic E-state index is 10.6. The number of nitriles is 1. The van der Waals surface area contributed by atoms with E-state index in [9.17, 15) is 5.26 Å². The molecule has 0 fully saturated rings. The number of rotatable bonds is 9. The van der Waals surface area contributed by atoms with Gasteiger partial charge in [0.15, 0.2) is 17.5 Å². The third-order valence-electron chi connectivity index (χ3n) is 21.8. The van der Waals surface area contributed by atoms with Crippen molar-refractivity contribution in [2.75, 3.05) is 0 Å². The molecule has 8 heteroatoms. The molecule has 0 spiro atoms. The van der Waals surface area contributed by atoms with Crippen molar-refractivity contribution in [2.45, 2.75) is 105 Å². The third kappa shape index (κ3) is 11.0. The van der Waals surface area contributed by atoms with E-state index in [1.54, 1.807) is 0 Å². The maximum atomic E-state index is 10.6. The summed E-state index contributed by atoms with van der Waals surface area (Å²) in [4.78, 5) is 17.2. The van der Waals surface area contributed by atoms with Crippen LogP contribution in [0.3, 0.4) is 0 Å². The Balaban J connectivity index is 0.995. The van der Waals surface area contributed by atoms with E-state index >= 15 is 0 Å². The molecule has 0 aliphatic heterocycles. The van der Waals surface area contributed by atoms with E-state index in [0.29, 0.717) is 23.0 Å².